The van der Waals surface area contributed by atoms with Gasteiger partial charge in [-0.1, -0.05) is 38.5 Å². The first-order valence-corrected chi connectivity index (χ1v) is 10.7. The van der Waals surface area contributed by atoms with E-state index < -0.39 is 0 Å². The Hall–Kier alpha value is -1.30. The van der Waals surface area contributed by atoms with Crippen LogP contribution in [0.3, 0.4) is 0 Å². The number of carbonyl (C=O) groups excluding carboxylic acids is 2. The van der Waals surface area contributed by atoms with Crippen molar-refractivity contribution in [3.8, 4) is 0 Å². The smallest absolute Gasteiger partial charge is 0.315 e. The van der Waals surface area contributed by atoms with Crippen molar-refractivity contribution in [1.29, 1.82) is 0 Å². The maximum absolute atomic E-state index is 11.9. The summed E-state index contributed by atoms with van der Waals surface area (Å²) < 4.78 is 0. The van der Waals surface area contributed by atoms with Gasteiger partial charge in [-0.2, -0.15) is 0 Å². The Morgan fingerprint density at radius 2 is 1.54 bits per heavy atom. The minimum absolute atomic E-state index is 0.0801. The van der Waals surface area contributed by atoms with Crippen molar-refractivity contribution in [2.45, 2.75) is 89.1 Å². The molecule has 2 aliphatic carbocycles. The fraction of sp³-hybridized carbons (Fsp3) is 0.900. The molecule has 2 saturated carbocycles. The van der Waals surface area contributed by atoms with Crippen LogP contribution in [-0.2, 0) is 4.79 Å². The molecule has 0 aromatic rings. The number of urea groups is 1. The van der Waals surface area contributed by atoms with E-state index in [9.17, 15) is 9.59 Å². The predicted molar refractivity (Wildman–Crippen MR) is 105 cm³/mol. The van der Waals surface area contributed by atoms with E-state index in [0.29, 0.717) is 38.0 Å². The zero-order valence-corrected chi connectivity index (χ0v) is 16.5. The van der Waals surface area contributed by atoms with Gasteiger partial charge in [-0.05, 0) is 39.2 Å². The summed E-state index contributed by atoms with van der Waals surface area (Å²) in [6.07, 6.45) is 13.7. The highest BCUT2D eigenvalue weighted by Crippen LogP contribution is 2.21. The number of likely N-dealkylation sites (N-methyl/N-ethyl adjacent to an activating group) is 1. The average Bonchev–Trinajstić information content (AvgIpc) is 2.66. The molecule has 3 N–H and O–H groups in total. The van der Waals surface area contributed by atoms with E-state index in [-0.39, 0.29) is 11.9 Å². The lowest BCUT2D eigenvalue weighted by Gasteiger charge is -2.31. The van der Waals surface area contributed by atoms with Crippen molar-refractivity contribution in [1.82, 2.24) is 20.9 Å². The van der Waals surface area contributed by atoms with Gasteiger partial charge in [-0.25, -0.2) is 4.79 Å². The van der Waals surface area contributed by atoms with Gasteiger partial charge in [0.1, 0.15) is 0 Å². The van der Waals surface area contributed by atoms with Crippen LogP contribution in [0.5, 0.6) is 0 Å². The van der Waals surface area contributed by atoms with Crippen LogP contribution in [0.1, 0.15) is 77.0 Å². The van der Waals surface area contributed by atoms with Crippen LogP contribution in [0, 0.1) is 0 Å². The average molecular weight is 367 g/mol. The molecule has 6 nitrogen and oxygen atoms in total. The second kappa shape index (κ2) is 12.2. The lowest BCUT2D eigenvalue weighted by atomic mass is 9.94. The highest BCUT2D eigenvalue weighted by Gasteiger charge is 2.17. The van der Waals surface area contributed by atoms with Crippen LogP contribution in [0.25, 0.3) is 0 Å². The lowest BCUT2D eigenvalue weighted by molar-refractivity contribution is -0.121. The third-order valence-corrected chi connectivity index (χ3v) is 5.79. The van der Waals surface area contributed by atoms with Crippen LogP contribution < -0.4 is 16.0 Å². The number of carbonyl (C=O) groups is 2. The van der Waals surface area contributed by atoms with Crippen molar-refractivity contribution in [2.24, 2.45) is 0 Å². The van der Waals surface area contributed by atoms with E-state index in [4.69, 9.17) is 0 Å². The monoisotopic (exact) mass is 366 g/mol. The van der Waals surface area contributed by atoms with Crippen molar-refractivity contribution < 1.29 is 9.59 Å². The molecule has 2 fully saturated rings. The summed E-state index contributed by atoms with van der Waals surface area (Å²) in [5, 5.41) is 8.89. The lowest BCUT2D eigenvalue weighted by Crippen LogP contribution is -2.43. The number of rotatable bonds is 9. The van der Waals surface area contributed by atoms with Gasteiger partial charge in [-0.3, -0.25) is 4.79 Å². The van der Waals surface area contributed by atoms with Crippen LogP contribution in [0.15, 0.2) is 0 Å². The molecular weight excluding hydrogens is 328 g/mol. The summed E-state index contributed by atoms with van der Waals surface area (Å²) in [5.74, 6) is 0.0801. The van der Waals surface area contributed by atoms with E-state index in [1.54, 1.807) is 0 Å². The van der Waals surface area contributed by atoms with Crippen molar-refractivity contribution in [3.05, 3.63) is 0 Å². The molecule has 3 amide bonds. The van der Waals surface area contributed by atoms with Gasteiger partial charge in [0.2, 0.25) is 5.91 Å². The zero-order valence-electron chi connectivity index (χ0n) is 16.5. The Morgan fingerprint density at radius 3 is 2.23 bits per heavy atom. The third kappa shape index (κ3) is 8.39. The molecular formula is C20H38N4O2. The van der Waals surface area contributed by atoms with Crippen molar-refractivity contribution >= 4 is 11.9 Å². The molecule has 0 heterocycles. The van der Waals surface area contributed by atoms with Gasteiger partial charge < -0.3 is 20.9 Å². The molecule has 0 spiro atoms. The van der Waals surface area contributed by atoms with Gasteiger partial charge in [-0.15, -0.1) is 0 Å². The first-order chi connectivity index (χ1) is 12.6. The number of nitrogens with one attached hydrogen (secondary N) is 3. The van der Waals surface area contributed by atoms with E-state index in [2.05, 4.69) is 27.9 Å². The molecule has 150 valence electrons. The molecule has 6 heteroatoms. The fourth-order valence-corrected chi connectivity index (χ4v) is 4.10. The van der Waals surface area contributed by atoms with Crippen molar-refractivity contribution in [3.63, 3.8) is 0 Å². The van der Waals surface area contributed by atoms with Crippen LogP contribution in [0.4, 0.5) is 4.79 Å². The summed E-state index contributed by atoms with van der Waals surface area (Å²) in [7, 11) is 2.16. The third-order valence-electron chi connectivity index (χ3n) is 5.79. The number of amides is 3. The Morgan fingerprint density at radius 1 is 0.885 bits per heavy atom. The Balaban J connectivity index is 1.45. The van der Waals surface area contributed by atoms with Gasteiger partial charge in [0.25, 0.3) is 0 Å². The highest BCUT2D eigenvalue weighted by atomic mass is 16.2. The number of hydrogen-bond donors (Lipinski definition) is 3. The molecule has 0 bridgehead atoms. The first-order valence-electron chi connectivity index (χ1n) is 10.7. The molecule has 0 radical (unpaired) electrons. The van der Waals surface area contributed by atoms with Crippen LogP contribution in [-0.4, -0.2) is 55.6 Å². The van der Waals surface area contributed by atoms with E-state index in [0.717, 1.165) is 19.4 Å². The minimum Gasteiger partial charge on any atom is -0.355 e. The molecule has 0 atom stereocenters. The number of nitrogens with zero attached hydrogens (tertiary/aromatic N) is 1. The maximum Gasteiger partial charge on any atom is 0.315 e. The molecule has 0 aromatic heterocycles. The van der Waals surface area contributed by atoms with Gasteiger partial charge in [0, 0.05) is 38.1 Å². The SMILES string of the molecule is CN(CCNC(=O)CCCNC(=O)NC1CCCCC1)C1CCCCC1. The van der Waals surface area contributed by atoms with Gasteiger partial charge >= 0.3 is 6.03 Å². The summed E-state index contributed by atoms with van der Waals surface area (Å²) in [6.45, 7) is 2.17. The molecule has 0 saturated heterocycles. The quantitative estimate of drug-likeness (QED) is 0.549. The fourth-order valence-electron chi connectivity index (χ4n) is 4.10. The van der Waals surface area contributed by atoms with E-state index in [1.807, 2.05) is 0 Å². The summed E-state index contributed by atoms with van der Waals surface area (Å²) in [4.78, 5) is 26.1. The first kappa shape index (κ1) is 21.0. The van der Waals surface area contributed by atoms with Crippen LogP contribution in [0.2, 0.25) is 0 Å². The molecule has 2 aliphatic rings. The second-order valence-electron chi connectivity index (χ2n) is 7.96. The van der Waals surface area contributed by atoms with E-state index in [1.165, 1.54) is 51.4 Å². The normalized spacial score (nSPS) is 19.3. The van der Waals surface area contributed by atoms with E-state index >= 15 is 0 Å². The largest absolute Gasteiger partial charge is 0.355 e. The number of hydrogen-bond acceptors (Lipinski definition) is 3. The Bertz CT molecular complexity index is 418. The molecule has 0 aromatic carbocycles. The second-order valence-corrected chi connectivity index (χ2v) is 7.96. The highest BCUT2D eigenvalue weighted by molar-refractivity contribution is 5.76. The molecule has 26 heavy (non-hydrogen) atoms. The minimum atomic E-state index is -0.0913. The Kier molecular flexibility index (Phi) is 9.82. The molecule has 2 rings (SSSR count). The van der Waals surface area contributed by atoms with Crippen LogP contribution >= 0.6 is 0 Å². The van der Waals surface area contributed by atoms with Gasteiger partial charge in [0.05, 0.1) is 0 Å². The maximum atomic E-state index is 11.9. The Labute approximate surface area is 158 Å². The van der Waals surface area contributed by atoms with Gasteiger partial charge in [0.15, 0.2) is 0 Å². The molecule has 0 aliphatic heterocycles. The summed E-state index contributed by atoms with van der Waals surface area (Å²) in [6, 6.07) is 0.923. The van der Waals surface area contributed by atoms with Crippen molar-refractivity contribution in [2.75, 3.05) is 26.7 Å². The standard InChI is InChI=1S/C20H38N4O2/c1-24(18-11-6-3-7-12-18)16-15-21-19(25)13-8-14-22-20(26)23-17-9-4-2-5-10-17/h17-18H,2-16H2,1H3,(H,21,25)(H2,22,23,26). The topological polar surface area (TPSA) is 73.5 Å². The zero-order chi connectivity index (χ0) is 18.6. The summed E-state index contributed by atoms with van der Waals surface area (Å²) >= 11 is 0. The molecule has 0 unspecified atom stereocenters. The summed E-state index contributed by atoms with van der Waals surface area (Å²) in [5.41, 5.74) is 0. The predicted octanol–water partition coefficient (Wildman–Crippen LogP) is 2.78.